The standard InChI is InChI=1S/C19H26N4O3/c1-3-21-10-11-22(19(26)18(21)25)14-17(24)23-12-9-20(2)13-16(23)15-7-5-4-6-8-15/h4-8,16H,3,9-14H2,1-2H3/t16-/m0/s1. The fraction of sp³-hybridized carbons (Fsp3) is 0.526. The minimum absolute atomic E-state index is 0.0326. The van der Waals surface area contributed by atoms with E-state index >= 15 is 0 Å². The van der Waals surface area contributed by atoms with Gasteiger partial charge in [0.05, 0.1) is 6.04 Å². The van der Waals surface area contributed by atoms with E-state index in [1.54, 1.807) is 0 Å². The maximum absolute atomic E-state index is 12.9. The van der Waals surface area contributed by atoms with Crippen LogP contribution in [0.4, 0.5) is 0 Å². The highest BCUT2D eigenvalue weighted by Gasteiger charge is 2.36. The summed E-state index contributed by atoms with van der Waals surface area (Å²) in [6.45, 7) is 5.40. The minimum atomic E-state index is -0.572. The molecule has 0 N–H and O–H groups in total. The molecular weight excluding hydrogens is 332 g/mol. The predicted octanol–water partition coefficient (Wildman–Crippen LogP) is 0.192. The van der Waals surface area contributed by atoms with Gasteiger partial charge < -0.3 is 19.6 Å². The maximum Gasteiger partial charge on any atom is 0.312 e. The van der Waals surface area contributed by atoms with Gasteiger partial charge in [0.2, 0.25) is 5.91 Å². The molecule has 2 saturated heterocycles. The number of nitrogens with zero attached hydrogens (tertiary/aromatic N) is 4. The molecule has 0 aromatic heterocycles. The Morgan fingerprint density at radius 1 is 1.00 bits per heavy atom. The monoisotopic (exact) mass is 358 g/mol. The number of carbonyl (C=O) groups is 3. The van der Waals surface area contributed by atoms with Crippen LogP contribution < -0.4 is 0 Å². The van der Waals surface area contributed by atoms with E-state index in [4.69, 9.17) is 0 Å². The van der Waals surface area contributed by atoms with Crippen LogP contribution in [-0.4, -0.2) is 90.2 Å². The van der Waals surface area contributed by atoms with Crippen LogP contribution in [0.2, 0.25) is 0 Å². The SMILES string of the molecule is CCN1CCN(CC(=O)N2CCN(C)C[C@H]2c2ccccc2)C(=O)C1=O. The lowest BCUT2D eigenvalue weighted by Crippen LogP contribution is -2.58. The smallest absolute Gasteiger partial charge is 0.312 e. The number of amides is 3. The van der Waals surface area contributed by atoms with Gasteiger partial charge in [-0.15, -0.1) is 0 Å². The van der Waals surface area contributed by atoms with E-state index in [-0.39, 0.29) is 18.5 Å². The first kappa shape index (κ1) is 18.4. The van der Waals surface area contributed by atoms with Crippen molar-refractivity contribution < 1.29 is 14.4 Å². The van der Waals surface area contributed by atoms with Gasteiger partial charge in [-0.25, -0.2) is 0 Å². The molecule has 2 aliphatic heterocycles. The molecule has 3 rings (SSSR count). The highest BCUT2D eigenvalue weighted by molar-refractivity contribution is 6.35. The molecule has 7 heteroatoms. The van der Waals surface area contributed by atoms with Crippen molar-refractivity contribution >= 4 is 17.7 Å². The van der Waals surface area contributed by atoms with Gasteiger partial charge in [0.15, 0.2) is 0 Å². The molecule has 0 spiro atoms. The van der Waals surface area contributed by atoms with Gasteiger partial charge >= 0.3 is 11.8 Å². The molecule has 26 heavy (non-hydrogen) atoms. The fourth-order valence-electron chi connectivity index (χ4n) is 3.60. The summed E-state index contributed by atoms with van der Waals surface area (Å²) in [5, 5.41) is 0. The van der Waals surface area contributed by atoms with Gasteiger partial charge in [0.25, 0.3) is 0 Å². The molecule has 7 nitrogen and oxygen atoms in total. The molecule has 0 saturated carbocycles. The van der Waals surface area contributed by atoms with E-state index in [1.165, 1.54) is 9.80 Å². The molecular formula is C19H26N4O3. The first-order chi connectivity index (χ1) is 12.5. The Labute approximate surface area is 154 Å². The number of hydrogen-bond acceptors (Lipinski definition) is 4. The summed E-state index contributed by atoms with van der Waals surface area (Å²) < 4.78 is 0. The number of piperazine rings is 2. The van der Waals surface area contributed by atoms with Gasteiger partial charge in [0, 0.05) is 39.3 Å². The second-order valence-electron chi connectivity index (χ2n) is 6.89. The van der Waals surface area contributed by atoms with E-state index in [0.717, 1.165) is 18.7 Å². The summed E-state index contributed by atoms with van der Waals surface area (Å²) in [6, 6.07) is 9.92. The van der Waals surface area contributed by atoms with E-state index < -0.39 is 11.8 Å². The first-order valence-corrected chi connectivity index (χ1v) is 9.12. The number of hydrogen-bond donors (Lipinski definition) is 0. The maximum atomic E-state index is 12.9. The van der Waals surface area contributed by atoms with Gasteiger partial charge in [0.1, 0.15) is 6.54 Å². The minimum Gasteiger partial charge on any atom is -0.333 e. The second-order valence-corrected chi connectivity index (χ2v) is 6.89. The van der Waals surface area contributed by atoms with Crippen molar-refractivity contribution in [2.75, 3.05) is 52.9 Å². The Hall–Kier alpha value is -2.41. The third-order valence-corrected chi connectivity index (χ3v) is 5.19. The van der Waals surface area contributed by atoms with E-state index in [2.05, 4.69) is 4.90 Å². The lowest BCUT2D eigenvalue weighted by atomic mass is 10.0. The molecule has 1 atom stereocenters. The lowest BCUT2D eigenvalue weighted by molar-refractivity contribution is -0.158. The first-order valence-electron chi connectivity index (χ1n) is 9.12. The van der Waals surface area contributed by atoms with E-state index in [1.807, 2.05) is 49.2 Å². The van der Waals surface area contributed by atoms with E-state index in [0.29, 0.717) is 26.2 Å². The zero-order valence-corrected chi connectivity index (χ0v) is 15.4. The van der Waals surface area contributed by atoms with Gasteiger partial charge in [-0.05, 0) is 19.5 Å². The number of rotatable bonds is 4. The molecule has 1 aromatic carbocycles. The molecule has 2 heterocycles. The van der Waals surface area contributed by atoms with Gasteiger partial charge in [-0.3, -0.25) is 14.4 Å². The zero-order valence-electron chi connectivity index (χ0n) is 15.4. The van der Waals surface area contributed by atoms with Crippen LogP contribution in [0.15, 0.2) is 30.3 Å². The van der Waals surface area contributed by atoms with Crippen molar-refractivity contribution in [3.8, 4) is 0 Å². The molecule has 2 fully saturated rings. The number of carbonyl (C=O) groups excluding carboxylic acids is 3. The van der Waals surface area contributed by atoms with Crippen LogP contribution in [0.5, 0.6) is 0 Å². The normalized spacial score (nSPS) is 22.1. The molecule has 3 amide bonds. The Kier molecular flexibility index (Phi) is 5.56. The Balaban J connectivity index is 1.71. The van der Waals surface area contributed by atoms with Crippen LogP contribution in [0.25, 0.3) is 0 Å². The largest absolute Gasteiger partial charge is 0.333 e. The average Bonchev–Trinajstić information content (AvgIpc) is 2.66. The number of benzene rings is 1. The van der Waals surface area contributed by atoms with Crippen LogP contribution in [-0.2, 0) is 14.4 Å². The van der Waals surface area contributed by atoms with Crippen LogP contribution >= 0.6 is 0 Å². The lowest BCUT2D eigenvalue weighted by Gasteiger charge is -2.41. The second kappa shape index (κ2) is 7.86. The topological polar surface area (TPSA) is 64.2 Å². The van der Waals surface area contributed by atoms with Crippen molar-refractivity contribution in [1.29, 1.82) is 0 Å². The molecule has 0 bridgehead atoms. The Morgan fingerprint density at radius 3 is 2.35 bits per heavy atom. The fourth-order valence-corrected chi connectivity index (χ4v) is 3.60. The third-order valence-electron chi connectivity index (χ3n) is 5.19. The van der Waals surface area contributed by atoms with Crippen molar-refractivity contribution in [2.24, 2.45) is 0 Å². The summed E-state index contributed by atoms with van der Waals surface area (Å²) in [5.74, 6) is -1.18. The Bertz CT molecular complexity index is 679. The Morgan fingerprint density at radius 2 is 1.65 bits per heavy atom. The molecule has 140 valence electrons. The van der Waals surface area contributed by atoms with Crippen LogP contribution in [0, 0.1) is 0 Å². The molecule has 0 unspecified atom stereocenters. The van der Waals surface area contributed by atoms with Crippen molar-refractivity contribution in [2.45, 2.75) is 13.0 Å². The average molecular weight is 358 g/mol. The van der Waals surface area contributed by atoms with Crippen molar-refractivity contribution in [3.63, 3.8) is 0 Å². The summed E-state index contributed by atoms with van der Waals surface area (Å²) >= 11 is 0. The highest BCUT2D eigenvalue weighted by Crippen LogP contribution is 2.25. The third kappa shape index (κ3) is 3.72. The molecule has 2 aliphatic rings. The number of likely N-dealkylation sites (N-methyl/N-ethyl adjacent to an activating group) is 2. The summed E-state index contributed by atoms with van der Waals surface area (Å²) in [6.07, 6.45) is 0. The quantitative estimate of drug-likeness (QED) is 0.721. The van der Waals surface area contributed by atoms with Crippen LogP contribution in [0.3, 0.4) is 0 Å². The zero-order chi connectivity index (χ0) is 18.7. The summed E-state index contributed by atoms with van der Waals surface area (Å²) in [4.78, 5) is 44.2. The van der Waals surface area contributed by atoms with Crippen LogP contribution in [0.1, 0.15) is 18.5 Å². The summed E-state index contributed by atoms with van der Waals surface area (Å²) in [7, 11) is 2.05. The van der Waals surface area contributed by atoms with E-state index in [9.17, 15) is 14.4 Å². The van der Waals surface area contributed by atoms with Gasteiger partial charge in [-0.2, -0.15) is 0 Å². The summed E-state index contributed by atoms with van der Waals surface area (Å²) in [5.41, 5.74) is 1.09. The molecule has 0 aliphatic carbocycles. The van der Waals surface area contributed by atoms with Crippen molar-refractivity contribution in [3.05, 3.63) is 35.9 Å². The highest BCUT2D eigenvalue weighted by atomic mass is 16.2. The molecule has 0 radical (unpaired) electrons. The van der Waals surface area contributed by atoms with Gasteiger partial charge in [-0.1, -0.05) is 30.3 Å². The molecule has 1 aromatic rings. The predicted molar refractivity (Wildman–Crippen MR) is 97.2 cm³/mol. The van der Waals surface area contributed by atoms with Crippen molar-refractivity contribution in [1.82, 2.24) is 19.6 Å².